The molecule has 0 atom stereocenters. The summed E-state index contributed by atoms with van der Waals surface area (Å²) in [4.78, 5) is 38.9. The van der Waals surface area contributed by atoms with Gasteiger partial charge in [0.15, 0.2) is 0 Å². The van der Waals surface area contributed by atoms with Crippen molar-refractivity contribution in [3.63, 3.8) is 0 Å². The molecule has 0 rings (SSSR count). The largest absolute Gasteiger partial charge is 0.396 e. The lowest BCUT2D eigenvalue weighted by Crippen LogP contribution is -2.35. The summed E-state index contributed by atoms with van der Waals surface area (Å²) in [5.74, 6) is 0.456. The molecule has 0 bridgehead atoms. The van der Waals surface area contributed by atoms with E-state index in [4.69, 9.17) is 5.11 Å². The number of amides is 3. The standard InChI is InChI=1S/C36H73N3O3.C22H46N2O.CH4/c1-3-5-7-9-11-13-15-17-19-23-29-37-35(41)27-32-39(31-25-21-22-26-34-40)33-28-36(42)38-30-24-20-18-16-14-12-10-8-6-4-2;1-3-5-7-9-10-11-12-13-15-17-20-24-22(25)18-21-23-19-16-14-8-6-4-2;/h40H,3-34H2,1-2H3,(H,37,41)(H,38,42);23H,3-21H2,1-2H3,(H,24,25);1H4. The van der Waals surface area contributed by atoms with E-state index in [9.17, 15) is 14.4 Å². The molecule has 0 aromatic rings. The van der Waals surface area contributed by atoms with Crippen LogP contribution in [0.1, 0.15) is 305 Å². The van der Waals surface area contributed by atoms with Crippen LogP contribution in [0.3, 0.4) is 0 Å². The first-order valence-corrected chi connectivity index (χ1v) is 29.8. The van der Waals surface area contributed by atoms with Gasteiger partial charge in [-0.3, -0.25) is 14.4 Å². The topological polar surface area (TPSA) is 123 Å². The lowest BCUT2D eigenvalue weighted by Gasteiger charge is -2.22. The van der Waals surface area contributed by atoms with Gasteiger partial charge in [0.2, 0.25) is 17.7 Å². The maximum Gasteiger partial charge on any atom is 0.221 e. The molecule has 0 radical (unpaired) electrons. The number of unbranched alkanes of at least 4 members (excludes halogenated alkanes) is 34. The second-order valence-corrected chi connectivity index (χ2v) is 20.0. The van der Waals surface area contributed by atoms with E-state index >= 15 is 0 Å². The molecule has 408 valence electrons. The first-order valence-electron chi connectivity index (χ1n) is 29.8. The van der Waals surface area contributed by atoms with Gasteiger partial charge in [0.05, 0.1) is 0 Å². The fourth-order valence-corrected chi connectivity index (χ4v) is 8.62. The van der Waals surface area contributed by atoms with Gasteiger partial charge in [0.25, 0.3) is 0 Å². The lowest BCUT2D eigenvalue weighted by atomic mass is 10.1. The Morgan fingerprint density at radius 1 is 0.309 bits per heavy atom. The molecule has 0 aliphatic heterocycles. The van der Waals surface area contributed by atoms with Crippen molar-refractivity contribution in [3.8, 4) is 0 Å². The van der Waals surface area contributed by atoms with E-state index in [2.05, 4.69) is 53.9 Å². The van der Waals surface area contributed by atoms with E-state index in [1.807, 2.05) is 0 Å². The van der Waals surface area contributed by atoms with Gasteiger partial charge in [-0.15, -0.1) is 0 Å². The number of rotatable bonds is 54. The van der Waals surface area contributed by atoms with E-state index in [0.717, 1.165) is 84.2 Å². The summed E-state index contributed by atoms with van der Waals surface area (Å²) < 4.78 is 0. The third-order valence-corrected chi connectivity index (χ3v) is 13.2. The Labute approximate surface area is 425 Å². The van der Waals surface area contributed by atoms with E-state index < -0.39 is 0 Å². The van der Waals surface area contributed by atoms with Gasteiger partial charge < -0.3 is 31.3 Å². The minimum absolute atomic E-state index is 0. The fourth-order valence-electron chi connectivity index (χ4n) is 8.62. The molecule has 0 saturated carbocycles. The SMILES string of the molecule is C.CCCCCCCCCCCCNC(=O)CCN(CCCCCCO)CCC(=O)NCCCCCCCCCCCC.CCCCCCCCCCCCNC(=O)CCNCCCCCCC. The Kier molecular flexibility index (Phi) is 65.7. The van der Waals surface area contributed by atoms with Crippen molar-refractivity contribution < 1.29 is 19.5 Å². The highest BCUT2D eigenvalue weighted by Gasteiger charge is 2.11. The zero-order valence-electron chi connectivity index (χ0n) is 45.7. The molecule has 9 nitrogen and oxygen atoms in total. The number of carbonyl (C=O) groups excluding carboxylic acids is 3. The van der Waals surface area contributed by atoms with Crippen molar-refractivity contribution in [2.45, 2.75) is 305 Å². The second-order valence-electron chi connectivity index (χ2n) is 20.0. The van der Waals surface area contributed by atoms with Gasteiger partial charge in [0, 0.05) is 65.1 Å². The van der Waals surface area contributed by atoms with E-state index in [1.54, 1.807) is 0 Å². The number of aliphatic hydroxyl groups excluding tert-OH is 1. The van der Waals surface area contributed by atoms with Gasteiger partial charge in [-0.25, -0.2) is 0 Å². The molecule has 0 saturated heterocycles. The quantitative estimate of drug-likeness (QED) is 0.0387. The molecule has 0 aromatic heterocycles. The van der Waals surface area contributed by atoms with Gasteiger partial charge in [-0.1, -0.05) is 247 Å². The predicted octanol–water partition coefficient (Wildman–Crippen LogP) is 15.3. The second kappa shape index (κ2) is 63.3. The molecule has 0 heterocycles. The summed E-state index contributed by atoms with van der Waals surface area (Å²) >= 11 is 0. The molecule has 5 N–H and O–H groups in total. The Hall–Kier alpha value is -1.71. The summed E-state index contributed by atoms with van der Waals surface area (Å²) in [5.41, 5.74) is 0. The third-order valence-electron chi connectivity index (χ3n) is 13.2. The van der Waals surface area contributed by atoms with Crippen LogP contribution in [0.15, 0.2) is 0 Å². The van der Waals surface area contributed by atoms with Crippen LogP contribution in [0.25, 0.3) is 0 Å². The summed E-state index contributed by atoms with van der Waals surface area (Å²) in [7, 11) is 0. The van der Waals surface area contributed by atoms with E-state index in [1.165, 1.54) is 205 Å². The molecule has 0 aliphatic rings. The summed E-state index contributed by atoms with van der Waals surface area (Å²) in [6.45, 7) is 15.9. The van der Waals surface area contributed by atoms with Crippen LogP contribution in [0, 0.1) is 0 Å². The molecule has 0 unspecified atom stereocenters. The van der Waals surface area contributed by atoms with Crippen LogP contribution in [0.4, 0.5) is 0 Å². The third kappa shape index (κ3) is 62.3. The van der Waals surface area contributed by atoms with Crippen LogP contribution in [-0.2, 0) is 14.4 Å². The minimum atomic E-state index is 0. The zero-order valence-corrected chi connectivity index (χ0v) is 45.7. The molecule has 0 aliphatic carbocycles. The summed E-state index contributed by atoms with van der Waals surface area (Å²) in [6.07, 6.45) is 51.6. The fraction of sp³-hybridized carbons (Fsp3) is 0.949. The van der Waals surface area contributed by atoms with Gasteiger partial charge in [0.1, 0.15) is 0 Å². The van der Waals surface area contributed by atoms with Crippen molar-refractivity contribution in [2.24, 2.45) is 0 Å². The molecule has 0 spiro atoms. The van der Waals surface area contributed by atoms with Gasteiger partial charge in [-0.2, -0.15) is 0 Å². The van der Waals surface area contributed by atoms with Gasteiger partial charge >= 0.3 is 0 Å². The van der Waals surface area contributed by atoms with Crippen LogP contribution >= 0.6 is 0 Å². The predicted molar refractivity (Wildman–Crippen MR) is 299 cm³/mol. The lowest BCUT2D eigenvalue weighted by molar-refractivity contribution is -0.122. The van der Waals surface area contributed by atoms with Crippen LogP contribution in [0.2, 0.25) is 0 Å². The van der Waals surface area contributed by atoms with Crippen molar-refractivity contribution in [1.82, 2.24) is 26.2 Å². The Bertz CT molecular complexity index is 943. The van der Waals surface area contributed by atoms with Crippen molar-refractivity contribution in [3.05, 3.63) is 0 Å². The summed E-state index contributed by atoms with van der Waals surface area (Å²) in [6, 6.07) is 0. The average Bonchev–Trinajstić information content (AvgIpc) is 3.33. The minimum Gasteiger partial charge on any atom is -0.396 e. The smallest absolute Gasteiger partial charge is 0.221 e. The van der Waals surface area contributed by atoms with Crippen molar-refractivity contribution >= 4 is 17.7 Å². The Morgan fingerprint density at radius 2 is 0.574 bits per heavy atom. The number of nitrogens with one attached hydrogen (secondary N) is 4. The Morgan fingerprint density at radius 3 is 0.897 bits per heavy atom. The number of carbonyl (C=O) groups is 3. The molecular weight excluding hydrogens is 843 g/mol. The number of nitrogens with zero attached hydrogens (tertiary/aromatic N) is 1. The molecule has 68 heavy (non-hydrogen) atoms. The number of hydrogen-bond acceptors (Lipinski definition) is 6. The van der Waals surface area contributed by atoms with Crippen LogP contribution in [-0.4, -0.2) is 86.7 Å². The van der Waals surface area contributed by atoms with Gasteiger partial charge in [-0.05, 0) is 51.6 Å². The Balaban J connectivity index is -0.00000139. The monoisotopic (exact) mass is 966 g/mol. The first kappa shape index (κ1) is 70.5. The normalized spacial score (nSPS) is 11.0. The van der Waals surface area contributed by atoms with E-state index in [-0.39, 0.29) is 31.8 Å². The number of aliphatic hydroxyl groups is 1. The maximum absolute atomic E-state index is 12.4. The average molecular weight is 967 g/mol. The highest BCUT2D eigenvalue weighted by molar-refractivity contribution is 5.77. The summed E-state index contributed by atoms with van der Waals surface area (Å²) in [5, 5.41) is 21.7. The zero-order chi connectivity index (χ0) is 49.2. The highest BCUT2D eigenvalue weighted by Crippen LogP contribution is 2.13. The van der Waals surface area contributed by atoms with E-state index in [0.29, 0.717) is 32.4 Å². The number of hydrogen-bond donors (Lipinski definition) is 5. The molecule has 9 heteroatoms. The van der Waals surface area contributed by atoms with Crippen molar-refractivity contribution in [1.29, 1.82) is 0 Å². The van der Waals surface area contributed by atoms with Crippen molar-refractivity contribution in [2.75, 3.05) is 59.0 Å². The molecule has 0 aromatic carbocycles. The molecule has 3 amide bonds. The molecular formula is C59H123N5O4. The maximum atomic E-state index is 12.4. The highest BCUT2D eigenvalue weighted by atomic mass is 16.3. The van der Waals surface area contributed by atoms with Crippen LogP contribution < -0.4 is 21.3 Å². The molecule has 0 fully saturated rings. The van der Waals surface area contributed by atoms with Crippen LogP contribution in [0.5, 0.6) is 0 Å². The first-order chi connectivity index (χ1) is 32.9.